The Morgan fingerprint density at radius 1 is 1.19 bits per heavy atom. The van der Waals surface area contributed by atoms with E-state index in [2.05, 4.69) is 17.0 Å². The molecule has 5 nitrogen and oxygen atoms in total. The minimum absolute atomic E-state index is 0.135. The normalized spacial score (nSPS) is 23.4. The molecular weight excluding hydrogens is 358 g/mol. The molecule has 0 aliphatic carbocycles. The maximum atomic E-state index is 12.8. The monoisotopic (exact) mass is 383 g/mol. The van der Waals surface area contributed by atoms with Gasteiger partial charge < -0.3 is 9.80 Å². The lowest BCUT2D eigenvalue weighted by Gasteiger charge is -2.46. The molecule has 27 heavy (non-hydrogen) atoms. The third kappa shape index (κ3) is 3.64. The van der Waals surface area contributed by atoms with E-state index >= 15 is 0 Å². The molecule has 2 amide bonds. The summed E-state index contributed by atoms with van der Waals surface area (Å²) < 4.78 is 0. The molecule has 0 radical (unpaired) electrons. The third-order valence-corrected chi connectivity index (χ3v) is 6.58. The molecule has 1 atom stereocenters. The van der Waals surface area contributed by atoms with Crippen molar-refractivity contribution in [2.45, 2.75) is 24.8 Å². The number of likely N-dealkylation sites (N-methyl/N-ethyl adjacent to an activating group) is 1. The van der Waals surface area contributed by atoms with Gasteiger partial charge in [-0.3, -0.25) is 14.5 Å². The van der Waals surface area contributed by atoms with Gasteiger partial charge in [-0.05, 0) is 36.9 Å². The summed E-state index contributed by atoms with van der Waals surface area (Å²) >= 11 is 1.60. The van der Waals surface area contributed by atoms with Crippen molar-refractivity contribution in [3.05, 3.63) is 52.7 Å². The van der Waals surface area contributed by atoms with Gasteiger partial charge in [0.05, 0.1) is 17.8 Å². The zero-order valence-electron chi connectivity index (χ0n) is 15.6. The highest BCUT2D eigenvalue weighted by molar-refractivity contribution is 7.08. The molecule has 142 valence electrons. The van der Waals surface area contributed by atoms with Crippen LogP contribution in [0.25, 0.3) is 0 Å². The number of carbonyl (C=O) groups excluding carboxylic acids is 2. The van der Waals surface area contributed by atoms with Crippen molar-refractivity contribution in [1.29, 1.82) is 0 Å². The number of likely N-dealkylation sites (tertiary alicyclic amines) is 1. The van der Waals surface area contributed by atoms with Crippen molar-refractivity contribution >= 4 is 28.8 Å². The highest BCUT2D eigenvalue weighted by atomic mass is 32.1. The van der Waals surface area contributed by atoms with Gasteiger partial charge in [0, 0.05) is 31.4 Å². The number of aryl methyl sites for hydroxylation is 1. The number of amides is 2. The first-order valence-electron chi connectivity index (χ1n) is 9.43. The van der Waals surface area contributed by atoms with E-state index in [0.29, 0.717) is 26.1 Å². The summed E-state index contributed by atoms with van der Waals surface area (Å²) in [5.41, 5.74) is 2.04. The van der Waals surface area contributed by atoms with E-state index < -0.39 is 0 Å². The summed E-state index contributed by atoms with van der Waals surface area (Å²) in [4.78, 5) is 31.3. The molecule has 0 N–H and O–H groups in total. The van der Waals surface area contributed by atoms with E-state index in [0.717, 1.165) is 25.1 Å². The van der Waals surface area contributed by atoms with Crippen LogP contribution in [0.2, 0.25) is 0 Å². The van der Waals surface area contributed by atoms with Gasteiger partial charge in [0.2, 0.25) is 11.8 Å². The van der Waals surface area contributed by atoms with Crippen LogP contribution >= 0.6 is 11.3 Å². The summed E-state index contributed by atoms with van der Waals surface area (Å²) in [5, 5.41) is 4.02. The molecule has 0 unspecified atom stereocenters. The van der Waals surface area contributed by atoms with Crippen molar-refractivity contribution in [3.63, 3.8) is 0 Å². The molecule has 1 spiro atoms. The summed E-state index contributed by atoms with van der Waals surface area (Å²) in [6.07, 6.45) is 2.23. The van der Waals surface area contributed by atoms with E-state index in [1.165, 1.54) is 5.56 Å². The largest absolute Gasteiger partial charge is 0.341 e. The smallest absolute Gasteiger partial charge is 0.241 e. The lowest BCUT2D eigenvalue weighted by molar-refractivity contribution is -0.130. The lowest BCUT2D eigenvalue weighted by Crippen LogP contribution is -2.64. The number of rotatable bonds is 4. The van der Waals surface area contributed by atoms with E-state index in [1.54, 1.807) is 11.3 Å². The quantitative estimate of drug-likeness (QED) is 0.815. The van der Waals surface area contributed by atoms with Gasteiger partial charge in [-0.15, -0.1) is 0 Å². The molecule has 2 aromatic rings. The number of carbonyl (C=O) groups is 2. The Hall–Kier alpha value is -2.18. The van der Waals surface area contributed by atoms with Crippen LogP contribution in [0.4, 0.5) is 5.69 Å². The summed E-state index contributed by atoms with van der Waals surface area (Å²) in [6, 6.07) is 12.2. The average Bonchev–Trinajstić information content (AvgIpc) is 3.35. The first-order valence-corrected chi connectivity index (χ1v) is 10.4. The number of hydrogen-bond donors (Lipinski definition) is 0. The lowest BCUT2D eigenvalue weighted by atomic mass is 9.93. The predicted octanol–water partition coefficient (Wildman–Crippen LogP) is 2.63. The maximum absolute atomic E-state index is 12.8. The van der Waals surface area contributed by atoms with Gasteiger partial charge in [0.25, 0.3) is 0 Å². The average molecular weight is 384 g/mol. The molecule has 3 heterocycles. The number of thiophene rings is 1. The molecule has 6 heteroatoms. The van der Waals surface area contributed by atoms with Crippen molar-refractivity contribution < 1.29 is 9.59 Å². The summed E-state index contributed by atoms with van der Waals surface area (Å²) in [5.74, 6) is 0.346. The third-order valence-electron chi connectivity index (χ3n) is 5.91. The molecule has 2 aliphatic rings. The molecule has 1 aromatic carbocycles. The first kappa shape index (κ1) is 18.2. The van der Waals surface area contributed by atoms with Gasteiger partial charge in [-0.1, -0.05) is 30.3 Å². The van der Waals surface area contributed by atoms with Crippen LogP contribution in [0.5, 0.6) is 0 Å². The Kier molecular flexibility index (Phi) is 5.02. The SMILES string of the molecule is CN1CC(=O)N(c2ccsc2)C[C@@]12CCN(C(=O)CCc1ccccc1)C2. The van der Waals surface area contributed by atoms with E-state index in [-0.39, 0.29) is 17.4 Å². The predicted molar refractivity (Wildman–Crippen MR) is 108 cm³/mol. The number of nitrogens with zero attached hydrogens (tertiary/aromatic N) is 3. The standard InChI is InChI=1S/C21H25N3O2S/c1-22-13-20(26)24(18-9-12-27-14-18)16-21(22)10-11-23(15-21)19(25)8-7-17-5-3-2-4-6-17/h2-6,9,12,14H,7-8,10-11,13,15-16H2,1H3/t21-/m0/s1. The first-order chi connectivity index (χ1) is 13.1. The Labute approximate surface area is 164 Å². The maximum Gasteiger partial charge on any atom is 0.241 e. The van der Waals surface area contributed by atoms with E-state index in [9.17, 15) is 9.59 Å². The number of piperazine rings is 1. The van der Waals surface area contributed by atoms with Crippen LogP contribution < -0.4 is 4.90 Å². The van der Waals surface area contributed by atoms with Gasteiger partial charge in [-0.25, -0.2) is 0 Å². The fourth-order valence-electron chi connectivity index (χ4n) is 4.17. The van der Waals surface area contributed by atoms with Crippen LogP contribution in [-0.2, 0) is 16.0 Å². The molecule has 0 bridgehead atoms. The second-order valence-electron chi connectivity index (χ2n) is 7.59. The van der Waals surface area contributed by atoms with Crippen molar-refractivity contribution in [2.24, 2.45) is 0 Å². The van der Waals surface area contributed by atoms with E-state index in [4.69, 9.17) is 0 Å². The van der Waals surface area contributed by atoms with Crippen LogP contribution in [0, 0.1) is 0 Å². The zero-order chi connectivity index (χ0) is 18.9. The number of anilines is 1. The van der Waals surface area contributed by atoms with Crippen molar-refractivity contribution in [2.75, 3.05) is 38.1 Å². The van der Waals surface area contributed by atoms with E-state index in [1.807, 2.05) is 51.9 Å². The van der Waals surface area contributed by atoms with Crippen LogP contribution in [0.3, 0.4) is 0 Å². The molecule has 4 rings (SSSR count). The number of hydrogen-bond acceptors (Lipinski definition) is 4. The summed E-state index contributed by atoms with van der Waals surface area (Å²) in [6.45, 7) is 2.53. The minimum Gasteiger partial charge on any atom is -0.341 e. The Balaban J connectivity index is 1.42. The molecule has 0 saturated carbocycles. The fraction of sp³-hybridized carbons (Fsp3) is 0.429. The highest BCUT2D eigenvalue weighted by Gasteiger charge is 2.48. The van der Waals surface area contributed by atoms with Gasteiger partial charge in [-0.2, -0.15) is 11.3 Å². The Morgan fingerprint density at radius 2 is 2.00 bits per heavy atom. The molecule has 2 fully saturated rings. The summed E-state index contributed by atoms with van der Waals surface area (Å²) in [7, 11) is 2.01. The van der Waals surface area contributed by atoms with Crippen LogP contribution in [0.1, 0.15) is 18.4 Å². The minimum atomic E-state index is -0.141. The van der Waals surface area contributed by atoms with Crippen LogP contribution in [-0.4, -0.2) is 60.4 Å². The topological polar surface area (TPSA) is 43.9 Å². The number of benzene rings is 1. The van der Waals surface area contributed by atoms with Gasteiger partial charge >= 0.3 is 0 Å². The zero-order valence-corrected chi connectivity index (χ0v) is 16.5. The molecule has 1 aromatic heterocycles. The molecule has 2 saturated heterocycles. The van der Waals surface area contributed by atoms with Crippen molar-refractivity contribution in [3.8, 4) is 0 Å². The van der Waals surface area contributed by atoms with Gasteiger partial charge in [0.15, 0.2) is 0 Å². The van der Waals surface area contributed by atoms with Crippen molar-refractivity contribution in [1.82, 2.24) is 9.80 Å². The second-order valence-corrected chi connectivity index (χ2v) is 8.37. The Morgan fingerprint density at radius 3 is 2.74 bits per heavy atom. The molecule has 2 aliphatic heterocycles. The molecular formula is C21H25N3O2S. The highest BCUT2D eigenvalue weighted by Crippen LogP contribution is 2.34. The second kappa shape index (κ2) is 7.44. The van der Waals surface area contributed by atoms with Gasteiger partial charge in [0.1, 0.15) is 0 Å². The fourth-order valence-corrected chi connectivity index (χ4v) is 4.81. The Bertz CT molecular complexity index is 808. The van der Waals surface area contributed by atoms with Crippen LogP contribution in [0.15, 0.2) is 47.2 Å².